The van der Waals surface area contributed by atoms with Crippen LogP contribution in [-0.4, -0.2) is 27.6 Å². The molecule has 2 aromatic rings. The maximum atomic E-state index is 12.1. The van der Waals surface area contributed by atoms with Gasteiger partial charge in [-0.3, -0.25) is 9.69 Å². The quantitative estimate of drug-likeness (QED) is 0.721. The third-order valence-electron chi connectivity index (χ3n) is 3.64. The third-order valence-corrected chi connectivity index (χ3v) is 5.08. The summed E-state index contributed by atoms with van der Waals surface area (Å²) in [4.78, 5) is 14.0. The molecule has 0 saturated carbocycles. The SMILES string of the molecule is O=C1CC(CBr)CN1c1ccnn1Cc1ccc(Br)cc1. The molecule has 21 heavy (non-hydrogen) atoms. The van der Waals surface area contributed by atoms with Gasteiger partial charge in [-0.25, -0.2) is 4.68 Å². The monoisotopic (exact) mass is 411 g/mol. The van der Waals surface area contributed by atoms with Crippen molar-refractivity contribution in [3.8, 4) is 0 Å². The van der Waals surface area contributed by atoms with E-state index in [1.165, 1.54) is 0 Å². The molecule has 3 rings (SSSR count). The predicted molar refractivity (Wildman–Crippen MR) is 89.7 cm³/mol. The maximum absolute atomic E-state index is 12.1. The Morgan fingerprint density at radius 2 is 2.00 bits per heavy atom. The van der Waals surface area contributed by atoms with Gasteiger partial charge in [0.1, 0.15) is 5.82 Å². The summed E-state index contributed by atoms with van der Waals surface area (Å²) in [7, 11) is 0. The third kappa shape index (κ3) is 3.21. The number of carbonyl (C=O) groups is 1. The summed E-state index contributed by atoms with van der Waals surface area (Å²) in [6, 6.07) is 10.1. The number of halogens is 2. The lowest BCUT2D eigenvalue weighted by molar-refractivity contribution is -0.117. The molecule has 110 valence electrons. The minimum absolute atomic E-state index is 0.178. The van der Waals surface area contributed by atoms with Gasteiger partial charge in [-0.1, -0.05) is 44.0 Å². The van der Waals surface area contributed by atoms with E-state index in [2.05, 4.69) is 49.1 Å². The van der Waals surface area contributed by atoms with Crippen LogP contribution in [0.2, 0.25) is 0 Å². The molecule has 1 aliphatic heterocycles. The largest absolute Gasteiger partial charge is 0.297 e. The minimum Gasteiger partial charge on any atom is -0.297 e. The number of rotatable bonds is 4. The number of aromatic nitrogens is 2. The molecule has 0 bridgehead atoms. The van der Waals surface area contributed by atoms with Crippen LogP contribution in [0.4, 0.5) is 5.82 Å². The number of benzene rings is 1. The fourth-order valence-corrected chi connectivity index (χ4v) is 3.24. The van der Waals surface area contributed by atoms with E-state index in [0.717, 1.165) is 27.7 Å². The van der Waals surface area contributed by atoms with Crippen LogP contribution in [0.3, 0.4) is 0 Å². The number of alkyl halides is 1. The Hall–Kier alpha value is -1.14. The normalized spacial score (nSPS) is 18.5. The number of amides is 1. The second kappa shape index (κ2) is 6.32. The van der Waals surface area contributed by atoms with Gasteiger partial charge in [0.05, 0.1) is 12.7 Å². The molecule has 2 heterocycles. The first kappa shape index (κ1) is 14.8. The van der Waals surface area contributed by atoms with Gasteiger partial charge in [-0.15, -0.1) is 0 Å². The molecule has 0 radical (unpaired) electrons. The summed E-state index contributed by atoms with van der Waals surface area (Å²) in [5, 5.41) is 5.22. The number of anilines is 1. The highest BCUT2D eigenvalue weighted by Gasteiger charge is 2.31. The first-order valence-electron chi connectivity index (χ1n) is 6.80. The Kier molecular flexibility index (Phi) is 4.45. The van der Waals surface area contributed by atoms with Gasteiger partial charge in [0.15, 0.2) is 0 Å². The van der Waals surface area contributed by atoms with Gasteiger partial charge in [0, 0.05) is 28.8 Å². The molecule has 1 fully saturated rings. The molecule has 0 N–H and O–H groups in total. The Labute approximate surface area is 140 Å². The molecule has 1 unspecified atom stereocenters. The summed E-state index contributed by atoms with van der Waals surface area (Å²) in [6.45, 7) is 1.43. The van der Waals surface area contributed by atoms with Crippen molar-refractivity contribution in [1.29, 1.82) is 0 Å². The van der Waals surface area contributed by atoms with E-state index < -0.39 is 0 Å². The van der Waals surface area contributed by atoms with Crippen LogP contribution in [0.15, 0.2) is 41.0 Å². The van der Waals surface area contributed by atoms with E-state index in [9.17, 15) is 4.79 Å². The van der Waals surface area contributed by atoms with E-state index in [-0.39, 0.29) is 5.91 Å². The molecular formula is C15H15Br2N3O. The van der Waals surface area contributed by atoms with Crippen LogP contribution in [0.1, 0.15) is 12.0 Å². The van der Waals surface area contributed by atoms with E-state index in [0.29, 0.717) is 18.9 Å². The van der Waals surface area contributed by atoms with Crippen LogP contribution in [0, 0.1) is 5.92 Å². The number of nitrogens with zero attached hydrogens (tertiary/aromatic N) is 3. The van der Waals surface area contributed by atoms with Gasteiger partial charge in [-0.2, -0.15) is 5.10 Å². The lowest BCUT2D eigenvalue weighted by Gasteiger charge is -2.18. The van der Waals surface area contributed by atoms with Crippen molar-refractivity contribution < 1.29 is 4.79 Å². The van der Waals surface area contributed by atoms with Crippen LogP contribution >= 0.6 is 31.9 Å². The van der Waals surface area contributed by atoms with E-state index >= 15 is 0 Å². The Morgan fingerprint density at radius 3 is 2.67 bits per heavy atom. The highest BCUT2D eigenvalue weighted by molar-refractivity contribution is 9.10. The van der Waals surface area contributed by atoms with Crippen LogP contribution < -0.4 is 4.90 Å². The van der Waals surface area contributed by atoms with Crippen molar-refractivity contribution in [2.75, 3.05) is 16.8 Å². The fourth-order valence-electron chi connectivity index (χ4n) is 2.55. The predicted octanol–water partition coefficient (Wildman–Crippen LogP) is 3.44. The highest BCUT2D eigenvalue weighted by atomic mass is 79.9. The molecule has 1 aromatic heterocycles. The van der Waals surface area contributed by atoms with Crippen molar-refractivity contribution in [1.82, 2.24) is 9.78 Å². The van der Waals surface area contributed by atoms with Crippen LogP contribution in [0.25, 0.3) is 0 Å². The van der Waals surface area contributed by atoms with Gasteiger partial charge >= 0.3 is 0 Å². The average molecular weight is 413 g/mol. The summed E-state index contributed by atoms with van der Waals surface area (Å²) < 4.78 is 2.94. The molecule has 1 aliphatic rings. The molecule has 0 aliphatic carbocycles. The molecular weight excluding hydrogens is 398 g/mol. The first-order valence-corrected chi connectivity index (χ1v) is 8.71. The zero-order valence-corrected chi connectivity index (χ0v) is 14.5. The van der Waals surface area contributed by atoms with Crippen LogP contribution in [0.5, 0.6) is 0 Å². The average Bonchev–Trinajstić information content (AvgIpc) is 3.07. The summed E-state index contributed by atoms with van der Waals surface area (Å²) in [5.41, 5.74) is 1.16. The van der Waals surface area contributed by atoms with Crippen molar-refractivity contribution in [3.63, 3.8) is 0 Å². The van der Waals surface area contributed by atoms with Gasteiger partial charge in [0.2, 0.25) is 5.91 Å². The Balaban J connectivity index is 1.81. The van der Waals surface area contributed by atoms with Gasteiger partial charge < -0.3 is 0 Å². The molecule has 1 aromatic carbocycles. The Morgan fingerprint density at radius 1 is 1.24 bits per heavy atom. The van der Waals surface area contributed by atoms with E-state index in [4.69, 9.17) is 0 Å². The molecule has 0 spiro atoms. The van der Waals surface area contributed by atoms with Crippen LogP contribution in [-0.2, 0) is 11.3 Å². The van der Waals surface area contributed by atoms with E-state index in [1.54, 1.807) is 6.20 Å². The summed E-state index contributed by atoms with van der Waals surface area (Å²) in [5.74, 6) is 1.44. The van der Waals surface area contributed by atoms with Gasteiger partial charge in [-0.05, 0) is 23.6 Å². The van der Waals surface area contributed by atoms with Crippen molar-refractivity contribution >= 4 is 43.6 Å². The van der Waals surface area contributed by atoms with E-state index in [1.807, 2.05) is 27.8 Å². The molecule has 6 heteroatoms. The number of carbonyl (C=O) groups excluding carboxylic acids is 1. The standard InChI is InChI=1S/C15H15Br2N3O/c16-8-12-7-15(21)19(9-12)14-5-6-18-20(14)10-11-1-3-13(17)4-2-11/h1-6,12H,7-10H2. The topological polar surface area (TPSA) is 38.1 Å². The second-order valence-corrected chi connectivity index (χ2v) is 6.77. The molecule has 1 saturated heterocycles. The Bertz CT molecular complexity index is 639. The van der Waals surface area contributed by atoms with Gasteiger partial charge in [0.25, 0.3) is 0 Å². The lowest BCUT2D eigenvalue weighted by atomic mass is 10.2. The summed E-state index contributed by atoms with van der Waals surface area (Å²) >= 11 is 6.90. The van der Waals surface area contributed by atoms with Crippen molar-refractivity contribution in [2.24, 2.45) is 5.92 Å². The zero-order valence-electron chi connectivity index (χ0n) is 11.4. The van der Waals surface area contributed by atoms with Crippen molar-refractivity contribution in [3.05, 3.63) is 46.6 Å². The fraction of sp³-hybridized carbons (Fsp3) is 0.333. The molecule has 1 atom stereocenters. The van der Waals surface area contributed by atoms with Crippen molar-refractivity contribution in [2.45, 2.75) is 13.0 Å². The molecule has 4 nitrogen and oxygen atoms in total. The smallest absolute Gasteiger partial charge is 0.228 e. The first-order chi connectivity index (χ1) is 10.2. The highest BCUT2D eigenvalue weighted by Crippen LogP contribution is 2.26. The summed E-state index contributed by atoms with van der Waals surface area (Å²) in [6.07, 6.45) is 2.36. The number of hydrogen-bond acceptors (Lipinski definition) is 2. The minimum atomic E-state index is 0.178. The maximum Gasteiger partial charge on any atom is 0.228 e. The second-order valence-electron chi connectivity index (χ2n) is 5.20. The lowest BCUT2D eigenvalue weighted by Crippen LogP contribution is -2.27. The number of hydrogen-bond donors (Lipinski definition) is 0. The molecule has 1 amide bonds. The zero-order chi connectivity index (χ0) is 14.8.